The van der Waals surface area contributed by atoms with Gasteiger partial charge in [0.2, 0.25) is 0 Å². The molecule has 0 saturated heterocycles. The maximum absolute atomic E-state index is 10.9. The summed E-state index contributed by atoms with van der Waals surface area (Å²) >= 11 is 3.16. The van der Waals surface area contributed by atoms with Crippen LogP contribution in [-0.2, 0) is 6.42 Å². The number of nitrogens with zero attached hydrogens (tertiary/aromatic N) is 3. The highest BCUT2D eigenvalue weighted by atomic mass is 32.1. The van der Waals surface area contributed by atoms with Crippen molar-refractivity contribution in [2.45, 2.75) is 19.4 Å². The van der Waals surface area contributed by atoms with E-state index in [1.54, 1.807) is 34.8 Å². The van der Waals surface area contributed by atoms with Crippen LogP contribution in [-0.4, -0.2) is 14.9 Å². The summed E-state index contributed by atoms with van der Waals surface area (Å²) < 4.78 is 0. The molecule has 2 aromatic heterocycles. The van der Waals surface area contributed by atoms with E-state index in [9.17, 15) is 10.1 Å². The lowest BCUT2D eigenvalue weighted by molar-refractivity contribution is -0.384. The van der Waals surface area contributed by atoms with Crippen LogP contribution in [0.15, 0.2) is 65.4 Å². The monoisotopic (exact) mass is 422 g/mol. The molecule has 146 valence electrons. The number of non-ortho nitro benzene ring substituents is 1. The predicted molar refractivity (Wildman–Crippen MR) is 118 cm³/mol. The molecule has 0 bridgehead atoms. The van der Waals surface area contributed by atoms with Crippen LogP contribution in [0.2, 0.25) is 0 Å². The zero-order valence-electron chi connectivity index (χ0n) is 15.6. The molecule has 0 fully saturated rings. The first-order valence-electron chi connectivity index (χ1n) is 9.01. The fraction of sp³-hybridized carbons (Fsp3) is 0.143. The van der Waals surface area contributed by atoms with Crippen molar-refractivity contribution in [3.05, 3.63) is 92.4 Å². The number of hydrogen-bond acceptors (Lipinski definition) is 7. The number of aromatic nitrogens is 2. The number of thiazole rings is 2. The molecule has 0 aliphatic heterocycles. The van der Waals surface area contributed by atoms with Gasteiger partial charge in [0.1, 0.15) is 5.01 Å². The predicted octanol–water partition coefficient (Wildman–Crippen LogP) is 5.88. The Morgan fingerprint density at radius 1 is 1.03 bits per heavy atom. The van der Waals surface area contributed by atoms with Gasteiger partial charge in [-0.25, -0.2) is 9.97 Å². The molecule has 0 saturated carbocycles. The van der Waals surface area contributed by atoms with Crippen LogP contribution < -0.4 is 5.32 Å². The molecular formula is C21H18N4O2S2. The topological polar surface area (TPSA) is 81.0 Å². The largest absolute Gasteiger partial charge is 0.353 e. The quantitative estimate of drug-likeness (QED) is 0.297. The van der Waals surface area contributed by atoms with Gasteiger partial charge in [0.25, 0.3) is 5.69 Å². The van der Waals surface area contributed by atoms with Crippen molar-refractivity contribution in [3.63, 3.8) is 0 Å². The van der Waals surface area contributed by atoms with Gasteiger partial charge in [-0.1, -0.05) is 42.5 Å². The molecule has 1 atom stereocenters. The first kappa shape index (κ1) is 19.2. The van der Waals surface area contributed by atoms with Gasteiger partial charge in [0.05, 0.1) is 22.4 Å². The number of nitrogens with one attached hydrogen (secondary N) is 1. The van der Waals surface area contributed by atoms with Gasteiger partial charge in [-0.2, -0.15) is 0 Å². The molecule has 0 amide bonds. The van der Waals surface area contributed by atoms with Crippen molar-refractivity contribution in [1.82, 2.24) is 9.97 Å². The summed E-state index contributed by atoms with van der Waals surface area (Å²) in [5, 5.41) is 20.3. The molecule has 2 heterocycles. The van der Waals surface area contributed by atoms with Crippen LogP contribution in [0.4, 0.5) is 10.8 Å². The van der Waals surface area contributed by atoms with Gasteiger partial charge >= 0.3 is 0 Å². The Morgan fingerprint density at radius 3 is 2.45 bits per heavy atom. The first-order valence-corrected chi connectivity index (χ1v) is 10.8. The number of aryl methyl sites for hydroxylation is 1. The fourth-order valence-corrected chi connectivity index (χ4v) is 4.57. The lowest BCUT2D eigenvalue weighted by Crippen LogP contribution is -2.14. The van der Waals surface area contributed by atoms with E-state index < -0.39 is 0 Å². The van der Waals surface area contributed by atoms with Crippen molar-refractivity contribution in [1.29, 1.82) is 0 Å². The van der Waals surface area contributed by atoms with Gasteiger partial charge in [0, 0.05) is 28.5 Å². The molecule has 29 heavy (non-hydrogen) atoms. The second kappa shape index (κ2) is 8.50. The van der Waals surface area contributed by atoms with Gasteiger partial charge in [-0.15, -0.1) is 22.7 Å². The number of hydrogen-bond donors (Lipinski definition) is 1. The van der Waals surface area contributed by atoms with Gasteiger partial charge in [-0.3, -0.25) is 10.1 Å². The van der Waals surface area contributed by atoms with E-state index in [-0.39, 0.29) is 16.7 Å². The summed E-state index contributed by atoms with van der Waals surface area (Å²) in [7, 11) is 0. The van der Waals surface area contributed by atoms with Crippen LogP contribution in [0.25, 0.3) is 10.6 Å². The molecule has 1 N–H and O–H groups in total. The maximum atomic E-state index is 10.9. The normalized spacial score (nSPS) is 11.9. The van der Waals surface area contributed by atoms with E-state index in [0.29, 0.717) is 6.42 Å². The minimum Gasteiger partial charge on any atom is -0.353 e. The lowest BCUT2D eigenvalue weighted by atomic mass is 10.0. The third kappa shape index (κ3) is 4.67. The summed E-state index contributed by atoms with van der Waals surface area (Å²) in [5.41, 5.74) is 4.07. The average Bonchev–Trinajstić information content (AvgIpc) is 3.38. The summed E-state index contributed by atoms with van der Waals surface area (Å²) in [6.07, 6.45) is 0.647. The minimum atomic E-state index is -0.384. The number of benzene rings is 2. The molecule has 0 unspecified atom stereocenters. The highest BCUT2D eigenvalue weighted by molar-refractivity contribution is 7.13. The van der Waals surface area contributed by atoms with E-state index >= 15 is 0 Å². The highest BCUT2D eigenvalue weighted by Gasteiger charge is 2.18. The van der Waals surface area contributed by atoms with E-state index in [0.717, 1.165) is 32.7 Å². The smallest absolute Gasteiger partial charge is 0.269 e. The van der Waals surface area contributed by atoms with Crippen molar-refractivity contribution in [2.24, 2.45) is 0 Å². The Morgan fingerprint density at radius 2 is 1.79 bits per heavy atom. The zero-order chi connectivity index (χ0) is 20.2. The third-order valence-electron chi connectivity index (χ3n) is 4.40. The third-order valence-corrected chi connectivity index (χ3v) is 6.20. The molecule has 0 spiro atoms. The Kier molecular flexibility index (Phi) is 5.64. The molecule has 0 aliphatic rings. The molecule has 0 radical (unpaired) electrons. The molecule has 0 aliphatic carbocycles. The van der Waals surface area contributed by atoms with E-state index in [1.807, 2.05) is 42.6 Å². The lowest BCUT2D eigenvalue weighted by Gasteiger charge is -2.16. The summed E-state index contributed by atoms with van der Waals surface area (Å²) in [6.45, 7) is 1.96. The van der Waals surface area contributed by atoms with Crippen LogP contribution in [0, 0.1) is 17.0 Å². The first-order chi connectivity index (χ1) is 14.1. The van der Waals surface area contributed by atoms with E-state index in [2.05, 4.69) is 15.7 Å². The summed E-state index contributed by atoms with van der Waals surface area (Å²) in [4.78, 5) is 19.9. The molecule has 2 aromatic carbocycles. The van der Waals surface area contributed by atoms with Crippen molar-refractivity contribution < 1.29 is 4.92 Å². The number of rotatable bonds is 7. The maximum Gasteiger partial charge on any atom is 0.269 e. The Labute approximate surface area is 176 Å². The second-order valence-electron chi connectivity index (χ2n) is 6.56. The van der Waals surface area contributed by atoms with Gasteiger partial charge < -0.3 is 5.32 Å². The molecule has 8 heteroatoms. The van der Waals surface area contributed by atoms with Crippen molar-refractivity contribution in [3.8, 4) is 10.6 Å². The highest BCUT2D eigenvalue weighted by Crippen LogP contribution is 2.30. The van der Waals surface area contributed by atoms with E-state index in [1.165, 1.54) is 12.1 Å². The zero-order valence-corrected chi connectivity index (χ0v) is 17.2. The summed E-state index contributed by atoms with van der Waals surface area (Å²) in [6, 6.07) is 16.7. The second-order valence-corrected chi connectivity index (χ2v) is 8.28. The van der Waals surface area contributed by atoms with Crippen molar-refractivity contribution >= 4 is 33.5 Å². The SMILES string of the molecule is Cc1csc(N[C@@H](Cc2ccc([N+](=O)[O-])cc2)c2csc(-c3ccccc3)n2)n1. The standard InChI is InChI=1S/C21H18N4O2S2/c1-14-12-29-21(22-14)24-18(11-15-7-9-17(10-8-15)25(26)27)19-13-28-20(23-19)16-5-3-2-4-6-16/h2-10,12-13,18H,11H2,1H3,(H,22,24)/t18-/m0/s1. The van der Waals surface area contributed by atoms with E-state index in [4.69, 9.17) is 4.98 Å². The molecule has 4 aromatic rings. The number of anilines is 1. The van der Waals surface area contributed by atoms with Crippen LogP contribution in [0.5, 0.6) is 0 Å². The average molecular weight is 423 g/mol. The molecular weight excluding hydrogens is 404 g/mol. The van der Waals surface area contributed by atoms with Crippen LogP contribution in [0.1, 0.15) is 23.0 Å². The number of nitro groups is 1. The minimum absolute atomic E-state index is 0.0873. The van der Waals surface area contributed by atoms with Crippen molar-refractivity contribution in [2.75, 3.05) is 5.32 Å². The summed E-state index contributed by atoms with van der Waals surface area (Å²) in [5.74, 6) is 0. The van der Waals surface area contributed by atoms with Crippen LogP contribution >= 0.6 is 22.7 Å². The Bertz CT molecular complexity index is 1110. The van der Waals surface area contributed by atoms with Gasteiger partial charge in [-0.05, 0) is 18.9 Å². The van der Waals surface area contributed by atoms with Gasteiger partial charge in [0.15, 0.2) is 5.13 Å². The molecule has 6 nitrogen and oxygen atoms in total. The molecule has 4 rings (SSSR count). The Balaban J connectivity index is 1.61. The number of nitro benzene ring substituents is 1. The Hall–Kier alpha value is -3.10. The van der Waals surface area contributed by atoms with Crippen LogP contribution in [0.3, 0.4) is 0 Å². The fourth-order valence-electron chi connectivity index (χ4n) is 2.95.